The molecule has 2 aromatic carbocycles. The van der Waals surface area contributed by atoms with Crippen LogP contribution in [-0.2, 0) is 0 Å². The molecule has 0 fully saturated rings. The molecule has 0 aliphatic heterocycles. The molecule has 0 aliphatic carbocycles. The van der Waals surface area contributed by atoms with Gasteiger partial charge in [-0.25, -0.2) is 15.0 Å². The minimum atomic E-state index is -0.580. The molecule has 6 rings (SSSR count). The number of methoxy groups -OCH3 is 1. The fourth-order valence-corrected chi connectivity index (χ4v) is 5.52. The number of hydrogen-bond acceptors (Lipinski definition) is 8. The highest BCUT2D eigenvalue weighted by molar-refractivity contribution is 6.36. The average Bonchev–Trinajstić information content (AvgIpc) is 3.02. The van der Waals surface area contributed by atoms with Gasteiger partial charge in [-0.3, -0.25) is 14.2 Å². The molecule has 2 N–H and O–H groups in total. The summed E-state index contributed by atoms with van der Waals surface area (Å²) in [6.45, 7) is 1.84. The molecule has 0 saturated heterocycles. The predicted molar refractivity (Wildman–Crippen MR) is 161 cm³/mol. The molecule has 1 atom stereocenters. The summed E-state index contributed by atoms with van der Waals surface area (Å²) in [6.07, 6.45) is 4.43. The van der Waals surface area contributed by atoms with Crippen molar-refractivity contribution in [1.82, 2.24) is 24.5 Å². The van der Waals surface area contributed by atoms with Crippen LogP contribution in [-0.4, -0.2) is 31.6 Å². The zero-order valence-corrected chi connectivity index (χ0v) is 23.2. The van der Waals surface area contributed by atoms with E-state index < -0.39 is 6.04 Å². The number of benzene rings is 2. The number of fused-ring (bicyclic) bond motifs is 2. The van der Waals surface area contributed by atoms with Crippen molar-refractivity contribution in [3.05, 3.63) is 116 Å². The van der Waals surface area contributed by atoms with Crippen LogP contribution in [0.4, 0.5) is 5.82 Å². The molecule has 206 valence electrons. The fourth-order valence-electron chi connectivity index (χ4n) is 5.11. The quantitative estimate of drug-likeness (QED) is 0.269. The lowest BCUT2D eigenvalue weighted by molar-refractivity contribution is 0.396. The lowest BCUT2D eigenvalue weighted by Gasteiger charge is -2.24. The molecule has 6 aromatic rings. The third kappa shape index (κ3) is 4.42. The molecule has 4 heterocycles. The third-order valence-corrected chi connectivity index (χ3v) is 7.38. The molecule has 0 amide bonds. The molecule has 10 nitrogen and oxygen atoms in total. The highest BCUT2D eigenvalue weighted by Gasteiger charge is 2.24. The summed E-state index contributed by atoms with van der Waals surface area (Å²) in [7, 11) is 1.44. The first kappa shape index (κ1) is 26.7. The summed E-state index contributed by atoms with van der Waals surface area (Å²) in [5.41, 5.74) is 2.25. The molecule has 0 spiro atoms. The second kappa shape index (κ2) is 10.8. The Hall–Kier alpha value is -5.53. The lowest BCUT2D eigenvalue weighted by atomic mass is 9.98. The van der Waals surface area contributed by atoms with E-state index >= 15 is 0 Å². The van der Waals surface area contributed by atoms with Crippen LogP contribution in [0.3, 0.4) is 0 Å². The summed E-state index contributed by atoms with van der Waals surface area (Å²) in [5.74, 6) is 0.499. The molecule has 0 radical (unpaired) electrons. The van der Waals surface area contributed by atoms with E-state index in [0.29, 0.717) is 55.2 Å². The number of halogens is 1. The zero-order chi connectivity index (χ0) is 29.4. The predicted octanol–water partition coefficient (Wildman–Crippen LogP) is 5.39. The molecule has 0 aliphatic rings. The number of aromatic nitrogens is 5. The molecule has 0 unspecified atom stereocenters. The number of anilines is 1. The number of para-hydroxylation sites is 1. The maximum Gasteiger partial charge on any atom is 0.263 e. The van der Waals surface area contributed by atoms with Crippen molar-refractivity contribution in [3.63, 3.8) is 0 Å². The number of rotatable bonds is 6. The maximum atomic E-state index is 14.5. The van der Waals surface area contributed by atoms with Gasteiger partial charge in [-0.05, 0) is 30.7 Å². The standard InChI is InChI=1S/C31H22ClN7O3/c1-17(38-29-25-23(40)11-12-34-28(25)36-16-37-29)27-26(32)22-10-6-9-21(19-13-18(14-33)30(42-2)35-15-19)24(22)31(41)39(27)20-7-4-3-5-8-20/h3-13,15-17H,1-2H3,(H2,34,36,37,38,40)/t17-/m0/s1. The number of ether oxygens (including phenoxy) is 1. The first-order chi connectivity index (χ1) is 20.4. The van der Waals surface area contributed by atoms with E-state index in [4.69, 9.17) is 16.3 Å². The van der Waals surface area contributed by atoms with Crippen molar-refractivity contribution >= 4 is 39.2 Å². The van der Waals surface area contributed by atoms with E-state index in [0.717, 1.165) is 0 Å². The normalized spacial score (nSPS) is 11.8. The summed E-state index contributed by atoms with van der Waals surface area (Å²) < 4.78 is 6.76. The fraction of sp³-hybridized carbons (Fsp3) is 0.0968. The van der Waals surface area contributed by atoms with Gasteiger partial charge in [-0.15, -0.1) is 0 Å². The highest BCUT2D eigenvalue weighted by Crippen LogP contribution is 2.37. The topological polar surface area (TPSA) is 139 Å². The van der Waals surface area contributed by atoms with E-state index in [2.05, 4.69) is 31.3 Å². The molecule has 0 saturated carbocycles. The number of nitrogens with one attached hydrogen (secondary N) is 2. The van der Waals surface area contributed by atoms with Gasteiger partial charge >= 0.3 is 0 Å². The Balaban J connectivity index is 1.62. The molecule has 11 heteroatoms. The molecular weight excluding hydrogens is 554 g/mol. The largest absolute Gasteiger partial charge is 0.480 e. The number of H-pyrrole nitrogens is 1. The monoisotopic (exact) mass is 575 g/mol. The number of nitriles is 1. The van der Waals surface area contributed by atoms with Gasteiger partial charge in [-0.2, -0.15) is 5.26 Å². The van der Waals surface area contributed by atoms with Gasteiger partial charge in [0.15, 0.2) is 5.43 Å². The van der Waals surface area contributed by atoms with Crippen molar-refractivity contribution in [2.45, 2.75) is 13.0 Å². The summed E-state index contributed by atoms with van der Waals surface area (Å²) >= 11 is 7.16. The van der Waals surface area contributed by atoms with Gasteiger partial charge in [0.25, 0.3) is 5.56 Å². The Morgan fingerprint density at radius 1 is 1.05 bits per heavy atom. The molecule has 0 bridgehead atoms. The van der Waals surface area contributed by atoms with E-state index in [9.17, 15) is 14.9 Å². The number of aromatic amines is 1. The van der Waals surface area contributed by atoms with E-state index in [1.807, 2.05) is 37.3 Å². The second-order valence-electron chi connectivity index (χ2n) is 9.45. The van der Waals surface area contributed by atoms with Gasteiger partial charge in [0.1, 0.15) is 34.8 Å². The zero-order valence-electron chi connectivity index (χ0n) is 22.4. The van der Waals surface area contributed by atoms with Crippen molar-refractivity contribution in [1.29, 1.82) is 5.26 Å². The van der Waals surface area contributed by atoms with Crippen LogP contribution < -0.4 is 21.0 Å². The van der Waals surface area contributed by atoms with Crippen LogP contribution in [0.25, 0.3) is 38.6 Å². The lowest BCUT2D eigenvalue weighted by Crippen LogP contribution is -2.27. The molecular formula is C31H22ClN7O3. The summed E-state index contributed by atoms with van der Waals surface area (Å²) in [5, 5.41) is 14.4. The van der Waals surface area contributed by atoms with Gasteiger partial charge in [0.05, 0.1) is 29.3 Å². The van der Waals surface area contributed by atoms with Crippen molar-refractivity contribution < 1.29 is 4.74 Å². The van der Waals surface area contributed by atoms with Crippen molar-refractivity contribution in [2.75, 3.05) is 12.4 Å². The summed E-state index contributed by atoms with van der Waals surface area (Å²) in [6, 6.07) is 19.1. The van der Waals surface area contributed by atoms with E-state index in [-0.39, 0.29) is 22.4 Å². The maximum absolute atomic E-state index is 14.5. The summed E-state index contributed by atoms with van der Waals surface area (Å²) in [4.78, 5) is 42.9. The van der Waals surface area contributed by atoms with Crippen LogP contribution in [0.15, 0.2) is 89.0 Å². The Morgan fingerprint density at radius 2 is 1.86 bits per heavy atom. The number of nitrogens with zero attached hydrogens (tertiary/aromatic N) is 5. The van der Waals surface area contributed by atoms with Crippen LogP contribution in [0.5, 0.6) is 5.88 Å². The Labute approximate surface area is 243 Å². The van der Waals surface area contributed by atoms with E-state index in [1.54, 1.807) is 35.0 Å². The highest BCUT2D eigenvalue weighted by atomic mass is 35.5. The minimum Gasteiger partial charge on any atom is -0.480 e. The molecule has 42 heavy (non-hydrogen) atoms. The minimum absolute atomic E-state index is 0.194. The van der Waals surface area contributed by atoms with Gasteiger partial charge in [-0.1, -0.05) is 48.0 Å². The third-order valence-electron chi connectivity index (χ3n) is 6.99. The second-order valence-corrected chi connectivity index (χ2v) is 9.83. The Bertz CT molecular complexity index is 2150. The van der Waals surface area contributed by atoms with Crippen LogP contribution in [0, 0.1) is 11.3 Å². The van der Waals surface area contributed by atoms with Gasteiger partial charge < -0.3 is 15.0 Å². The molecule has 4 aromatic heterocycles. The van der Waals surface area contributed by atoms with Crippen LogP contribution in [0.2, 0.25) is 5.02 Å². The Kier molecular flexibility index (Phi) is 6.86. The van der Waals surface area contributed by atoms with Gasteiger partial charge in [0.2, 0.25) is 5.88 Å². The van der Waals surface area contributed by atoms with Crippen molar-refractivity contribution in [2.24, 2.45) is 0 Å². The van der Waals surface area contributed by atoms with E-state index in [1.165, 1.54) is 25.7 Å². The average molecular weight is 576 g/mol. The van der Waals surface area contributed by atoms with Crippen LogP contribution >= 0.6 is 11.6 Å². The van der Waals surface area contributed by atoms with Crippen LogP contribution in [0.1, 0.15) is 24.2 Å². The smallest absolute Gasteiger partial charge is 0.263 e. The van der Waals surface area contributed by atoms with Gasteiger partial charge in [0, 0.05) is 35.1 Å². The first-order valence-electron chi connectivity index (χ1n) is 12.9. The first-order valence-corrected chi connectivity index (χ1v) is 13.3. The van der Waals surface area contributed by atoms with Crippen molar-refractivity contribution in [3.8, 4) is 28.8 Å². The Morgan fingerprint density at radius 3 is 2.62 bits per heavy atom. The number of pyridine rings is 3. The number of hydrogen-bond donors (Lipinski definition) is 2. The SMILES string of the molecule is COc1ncc(-c2cccc3c(Cl)c([C@H](C)Nc4ncnc5[nH]ccc(=O)c45)n(-c4ccccc4)c(=O)c23)cc1C#N.